The molecule has 4 aromatic rings. The smallest absolute Gasteiger partial charge is 0.283 e. The van der Waals surface area contributed by atoms with Gasteiger partial charge in [-0.15, -0.1) is 10.2 Å². The molecule has 0 aliphatic heterocycles. The maximum Gasteiger partial charge on any atom is 0.283 e. The molecule has 0 N–H and O–H groups in total. The zero-order valence-electron chi connectivity index (χ0n) is 11.4. The van der Waals surface area contributed by atoms with Gasteiger partial charge >= 0.3 is 0 Å². The van der Waals surface area contributed by atoms with Crippen LogP contribution in [0, 0.1) is 6.92 Å². The van der Waals surface area contributed by atoms with Gasteiger partial charge in [-0.2, -0.15) is 0 Å². The summed E-state index contributed by atoms with van der Waals surface area (Å²) in [6.07, 6.45) is 4.83. The Balaban J connectivity index is 1.63. The summed E-state index contributed by atoms with van der Waals surface area (Å²) in [5.41, 5.74) is 2.11. The molecule has 0 saturated carbocycles. The first-order chi connectivity index (χ1) is 10.8. The highest BCUT2D eigenvalue weighted by molar-refractivity contribution is 7.99. The third kappa shape index (κ3) is 2.33. The molecule has 8 heteroatoms. The van der Waals surface area contributed by atoms with Crippen molar-refractivity contribution in [2.24, 2.45) is 0 Å². The van der Waals surface area contributed by atoms with Crippen molar-refractivity contribution in [2.45, 2.75) is 17.2 Å². The molecule has 0 spiro atoms. The van der Waals surface area contributed by atoms with Gasteiger partial charge in [-0.05, 0) is 36.9 Å². The van der Waals surface area contributed by atoms with Crippen LogP contribution in [0.4, 0.5) is 0 Å². The minimum absolute atomic E-state index is 0.409. The molecule has 4 aromatic heterocycles. The lowest BCUT2D eigenvalue weighted by Crippen LogP contribution is -1.87. The summed E-state index contributed by atoms with van der Waals surface area (Å²) >= 11 is 1.28. The van der Waals surface area contributed by atoms with Gasteiger partial charge in [-0.1, -0.05) is 0 Å². The molecule has 22 heavy (non-hydrogen) atoms. The molecule has 7 nitrogen and oxygen atoms in total. The zero-order valence-corrected chi connectivity index (χ0v) is 12.2. The van der Waals surface area contributed by atoms with Crippen molar-refractivity contribution < 1.29 is 8.83 Å². The van der Waals surface area contributed by atoms with Crippen LogP contribution in [0.1, 0.15) is 5.76 Å². The van der Waals surface area contributed by atoms with Gasteiger partial charge in [0.2, 0.25) is 0 Å². The second-order valence-corrected chi connectivity index (χ2v) is 5.39. The number of nitrogens with zero attached hydrogens (tertiary/aromatic N) is 5. The van der Waals surface area contributed by atoms with Crippen molar-refractivity contribution in [1.82, 2.24) is 25.1 Å². The number of aromatic nitrogens is 5. The molecular formula is C14H9N5O2S. The number of hydrogen-bond acceptors (Lipinski definition) is 8. The lowest BCUT2D eigenvalue weighted by molar-refractivity contribution is 0.463. The quantitative estimate of drug-likeness (QED) is 0.570. The lowest BCUT2D eigenvalue weighted by atomic mass is 10.3. The van der Waals surface area contributed by atoms with Crippen LogP contribution >= 0.6 is 11.8 Å². The number of pyridine rings is 1. The Morgan fingerprint density at radius 1 is 1.05 bits per heavy atom. The van der Waals surface area contributed by atoms with E-state index in [1.807, 2.05) is 19.1 Å². The molecule has 0 saturated heterocycles. The number of fused-ring (bicyclic) bond motifs is 1. The number of furan rings is 1. The van der Waals surface area contributed by atoms with Gasteiger partial charge in [-0.3, -0.25) is 4.98 Å². The lowest BCUT2D eigenvalue weighted by Gasteiger charge is -1.98. The first kappa shape index (κ1) is 13.0. The fourth-order valence-corrected chi connectivity index (χ4v) is 2.60. The average Bonchev–Trinajstić information content (AvgIpc) is 3.16. The van der Waals surface area contributed by atoms with Gasteiger partial charge < -0.3 is 8.83 Å². The summed E-state index contributed by atoms with van der Waals surface area (Å²) in [5, 5.41) is 9.17. The second kappa shape index (κ2) is 5.23. The number of aryl methyl sites for hydroxylation is 1. The van der Waals surface area contributed by atoms with Crippen LogP contribution in [0.15, 0.2) is 55.9 Å². The second-order valence-electron chi connectivity index (χ2n) is 4.41. The first-order valence-electron chi connectivity index (χ1n) is 6.43. The van der Waals surface area contributed by atoms with Crippen molar-refractivity contribution in [1.29, 1.82) is 0 Å². The molecule has 4 heterocycles. The van der Waals surface area contributed by atoms with E-state index in [2.05, 4.69) is 25.1 Å². The zero-order chi connectivity index (χ0) is 14.9. The van der Waals surface area contributed by atoms with Crippen LogP contribution in [0.3, 0.4) is 0 Å². The Kier molecular flexibility index (Phi) is 3.08. The first-order valence-corrected chi connectivity index (χ1v) is 7.25. The largest absolute Gasteiger partial charge is 0.469 e. The highest BCUT2D eigenvalue weighted by Gasteiger charge is 2.14. The summed E-state index contributed by atoms with van der Waals surface area (Å²) in [4.78, 5) is 12.8. The van der Waals surface area contributed by atoms with Crippen molar-refractivity contribution in [2.75, 3.05) is 0 Å². The van der Waals surface area contributed by atoms with E-state index in [0.29, 0.717) is 21.8 Å². The molecule has 0 bridgehead atoms. The molecule has 0 aromatic carbocycles. The summed E-state index contributed by atoms with van der Waals surface area (Å²) in [5.74, 6) is 1.16. The normalized spacial score (nSPS) is 11.1. The predicted molar refractivity (Wildman–Crippen MR) is 78.2 cm³/mol. The van der Waals surface area contributed by atoms with Gasteiger partial charge in [0.15, 0.2) is 5.65 Å². The van der Waals surface area contributed by atoms with Crippen molar-refractivity contribution in [3.8, 4) is 11.5 Å². The van der Waals surface area contributed by atoms with E-state index in [1.54, 1.807) is 24.7 Å². The van der Waals surface area contributed by atoms with Crippen molar-refractivity contribution in [3.63, 3.8) is 0 Å². The summed E-state index contributed by atoms with van der Waals surface area (Å²) in [6, 6.07) is 5.49. The van der Waals surface area contributed by atoms with E-state index in [9.17, 15) is 0 Å². The van der Waals surface area contributed by atoms with Gasteiger partial charge in [-0.25, -0.2) is 9.97 Å². The Morgan fingerprint density at radius 2 is 1.95 bits per heavy atom. The van der Waals surface area contributed by atoms with Gasteiger partial charge in [0.25, 0.3) is 11.1 Å². The fraction of sp³-hybridized carbons (Fsp3) is 0.0714. The van der Waals surface area contributed by atoms with Crippen molar-refractivity contribution >= 4 is 22.9 Å². The molecule has 0 aliphatic carbocycles. The molecule has 0 atom stereocenters. The minimum atomic E-state index is 0.409. The predicted octanol–water partition coefficient (Wildman–Crippen LogP) is 3.13. The highest BCUT2D eigenvalue weighted by Crippen LogP contribution is 2.30. The Labute approximate surface area is 128 Å². The third-order valence-electron chi connectivity index (χ3n) is 2.99. The van der Waals surface area contributed by atoms with E-state index >= 15 is 0 Å². The molecule has 0 fully saturated rings. The number of rotatable bonds is 3. The average molecular weight is 311 g/mol. The molecule has 0 amide bonds. The highest BCUT2D eigenvalue weighted by atomic mass is 32.2. The Bertz CT molecular complexity index is 949. The summed E-state index contributed by atoms with van der Waals surface area (Å²) in [7, 11) is 0. The molecule has 108 valence electrons. The van der Waals surface area contributed by atoms with E-state index < -0.39 is 0 Å². The van der Waals surface area contributed by atoms with Gasteiger partial charge in [0.1, 0.15) is 16.3 Å². The monoisotopic (exact) mass is 311 g/mol. The molecule has 0 radical (unpaired) electrons. The minimum Gasteiger partial charge on any atom is -0.469 e. The van der Waals surface area contributed by atoms with E-state index in [0.717, 1.165) is 16.8 Å². The third-order valence-corrected chi connectivity index (χ3v) is 3.77. The van der Waals surface area contributed by atoms with Gasteiger partial charge in [0.05, 0.1) is 11.8 Å². The summed E-state index contributed by atoms with van der Waals surface area (Å²) < 4.78 is 10.9. The standard InChI is InChI=1S/C14H9N5O2S/c1-8-9(4-7-20-8)13-18-19-14(21-13)22-11-3-2-10-12(17-11)16-6-5-15-10/h2-7H,1H3. The topological polar surface area (TPSA) is 90.7 Å². The van der Waals surface area contributed by atoms with E-state index in [4.69, 9.17) is 8.83 Å². The summed E-state index contributed by atoms with van der Waals surface area (Å²) in [6.45, 7) is 1.84. The molecule has 0 aliphatic rings. The van der Waals surface area contributed by atoms with Crippen LogP contribution in [0.2, 0.25) is 0 Å². The van der Waals surface area contributed by atoms with Crippen LogP contribution < -0.4 is 0 Å². The van der Waals surface area contributed by atoms with Gasteiger partial charge in [0, 0.05) is 12.4 Å². The van der Waals surface area contributed by atoms with E-state index in [1.165, 1.54) is 11.8 Å². The molecule has 4 rings (SSSR count). The maximum atomic E-state index is 5.63. The number of hydrogen-bond donors (Lipinski definition) is 0. The van der Waals surface area contributed by atoms with E-state index in [-0.39, 0.29) is 0 Å². The molecule has 0 unspecified atom stereocenters. The Morgan fingerprint density at radius 3 is 2.82 bits per heavy atom. The maximum absolute atomic E-state index is 5.63. The van der Waals surface area contributed by atoms with Crippen LogP contribution in [0.25, 0.3) is 22.6 Å². The Hall–Kier alpha value is -2.74. The molecular weight excluding hydrogens is 302 g/mol. The van der Waals surface area contributed by atoms with Crippen LogP contribution in [0.5, 0.6) is 0 Å². The van der Waals surface area contributed by atoms with Crippen molar-refractivity contribution in [3.05, 3.63) is 42.6 Å². The fourth-order valence-electron chi connectivity index (χ4n) is 1.95. The SMILES string of the molecule is Cc1occc1-c1nnc(Sc2ccc3nccnc3n2)o1. The van der Waals surface area contributed by atoms with Crippen LogP contribution in [-0.2, 0) is 0 Å². The van der Waals surface area contributed by atoms with Crippen LogP contribution in [-0.4, -0.2) is 25.1 Å².